The van der Waals surface area contributed by atoms with Gasteiger partial charge >= 0.3 is 0 Å². The van der Waals surface area contributed by atoms with Gasteiger partial charge in [-0.15, -0.1) is 0 Å². The van der Waals surface area contributed by atoms with Crippen LogP contribution in [-0.4, -0.2) is 36.5 Å². The second-order valence-corrected chi connectivity index (χ2v) is 36.5. The molecule has 0 unspecified atom stereocenters. The zero-order valence-electron chi connectivity index (χ0n) is 75.3. The molecule has 0 aliphatic heterocycles. The summed E-state index contributed by atoms with van der Waals surface area (Å²) in [6.45, 7) is 23.3. The van der Waals surface area contributed by atoms with Crippen LogP contribution in [0.1, 0.15) is 22.3 Å². The van der Waals surface area contributed by atoms with Crippen LogP contribution in [0, 0.1) is 49.7 Å². The van der Waals surface area contributed by atoms with Gasteiger partial charge < -0.3 is 45.4 Å². The predicted octanol–water partition coefficient (Wildman–Crippen LogP) is 33.4. The van der Waals surface area contributed by atoms with Crippen molar-refractivity contribution in [2.75, 3.05) is 0 Å². The first-order valence-corrected chi connectivity index (χ1v) is 46.9. The number of rotatable bonds is 8. The maximum absolute atomic E-state index is 12.3. The number of aromatic nitrogens is 8. The second-order valence-electron chi connectivity index (χ2n) is 36.5. The highest BCUT2D eigenvalue weighted by molar-refractivity contribution is 6.28. The van der Waals surface area contributed by atoms with Gasteiger partial charge in [0.1, 0.15) is 16.7 Å². The van der Waals surface area contributed by atoms with Gasteiger partial charge in [0, 0.05) is 102 Å². The van der Waals surface area contributed by atoms with Crippen molar-refractivity contribution in [1.82, 2.24) is 36.5 Å². The molecule has 140 heavy (non-hydrogen) atoms. The van der Waals surface area contributed by atoms with Crippen LogP contribution in [0.15, 0.2) is 409 Å². The molecule has 0 spiro atoms. The van der Waals surface area contributed by atoms with Crippen LogP contribution < -0.4 is 0 Å². The summed E-state index contributed by atoms with van der Waals surface area (Å²) in [5.74, 6) is 0. The molecule has 648 valence electrons. The summed E-state index contributed by atoms with van der Waals surface area (Å²) in [7, 11) is 0. The van der Waals surface area contributed by atoms with E-state index in [9.17, 15) is 23.7 Å². The quantitative estimate of drug-likeness (QED) is 0.141. The summed E-state index contributed by atoms with van der Waals surface area (Å²) in [6, 6.07) is 146. The maximum Gasteiger partial charge on any atom is 0.232 e. The number of para-hydroxylation sites is 14. The van der Waals surface area contributed by atoms with Crippen LogP contribution in [0.4, 0.5) is 11.4 Å². The van der Waals surface area contributed by atoms with Crippen LogP contribution in [0.5, 0.6) is 0 Å². The minimum atomic E-state index is 0.240. The lowest BCUT2D eigenvalue weighted by Crippen LogP contribution is -2.15. The Labute approximate surface area is 797 Å². The van der Waals surface area contributed by atoms with Gasteiger partial charge in [0.15, 0.2) is 5.58 Å². The van der Waals surface area contributed by atoms with Gasteiger partial charge in [-0.1, -0.05) is 284 Å². The minimum Gasteiger partial charge on any atom is -0.456 e. The Kier molecular flexibility index (Phi) is 16.4. The third-order valence-electron chi connectivity index (χ3n) is 29.3. The highest BCUT2D eigenvalue weighted by atomic mass is 16.3. The van der Waals surface area contributed by atoms with Gasteiger partial charge in [0.2, 0.25) is 11.4 Å². The molecule has 0 aliphatic carbocycles. The molecule has 0 fully saturated rings. The summed E-state index contributed by atoms with van der Waals surface area (Å²) < 4.78 is 32.1. The lowest BCUT2D eigenvalue weighted by molar-refractivity contribution is 0.669. The Morgan fingerprint density at radius 3 is 0.764 bits per heavy atom. The number of nitrogens with zero attached hydrogens (tertiary/aromatic N) is 12. The maximum atomic E-state index is 12.3. The van der Waals surface area contributed by atoms with E-state index in [2.05, 4.69) is 442 Å². The van der Waals surface area contributed by atoms with E-state index in [0.717, 1.165) is 247 Å². The van der Waals surface area contributed by atoms with Gasteiger partial charge in [-0.3, -0.25) is 0 Å². The molecule has 0 saturated carbocycles. The molecule has 0 radical (unpaired) electrons. The smallest absolute Gasteiger partial charge is 0.232 e. The van der Waals surface area contributed by atoms with Gasteiger partial charge in [0.05, 0.1) is 176 Å². The molecule has 14 heteroatoms. The van der Waals surface area contributed by atoms with E-state index < -0.39 is 0 Å². The average molecular weight is 1790 g/mol. The molecule has 20 aromatic carbocycles. The van der Waals surface area contributed by atoms with E-state index in [1.165, 1.54) is 0 Å². The van der Waals surface area contributed by atoms with Crippen molar-refractivity contribution in [2.24, 2.45) is 0 Å². The van der Waals surface area contributed by atoms with Crippen LogP contribution in [0.25, 0.3) is 274 Å². The van der Waals surface area contributed by atoms with E-state index in [0.29, 0.717) is 28.3 Å². The van der Waals surface area contributed by atoms with Crippen LogP contribution in [0.3, 0.4) is 0 Å². The normalized spacial score (nSPS) is 12.0. The standard InChI is InChI=1S/2C63H36N6O/c1-37-31-34-55-47(35-37)45-32-33-46-44-23-9-16-30-56(44)70-63(46)59(45)69(55)58-48(36-64)57(65-2)60(66-49-24-10-3-17-38(49)39-18-4-11-25-50(39)66)62(68-53-28-14-7-21-42(53)43-22-8-15-29-54(43)68)61(58)67-51-26-12-5-19-40(51)41-20-6-13-27-52(41)67;1-37-31-33-54-46(35-37)44-32-34-56-57(45-23-9-16-30-55(45)70-56)59(44)69(54)60-47(36-64)58(65-2)61(66-48-24-10-3-17-38(48)39-18-4-11-25-49(39)66)63(68-52-28-14-7-21-42(52)43-22-8-15-29-53(43)68)62(60)67-50-26-12-5-19-40(50)41-20-6-13-27-51(41)67/h2*3-35H,1H3. The molecule has 10 aromatic heterocycles. The van der Waals surface area contributed by atoms with E-state index >= 15 is 0 Å². The van der Waals surface area contributed by atoms with Gasteiger partial charge in [-0.05, 0) is 141 Å². The van der Waals surface area contributed by atoms with Crippen molar-refractivity contribution in [3.8, 4) is 57.6 Å². The lowest BCUT2D eigenvalue weighted by Gasteiger charge is -2.28. The first kappa shape index (κ1) is 77.9. The SMILES string of the molecule is [C-]#[N+]c1c(C#N)c(-n2c3ccc(C)cc3c3ccc4c5ccccc5oc4c32)c(-n2c3ccccc3c3ccccc32)c(-n2c3ccccc3c3ccccc32)c1-n1c2ccccc2c2ccccc21.[C-]#[N+]c1c(C#N)c(-n2c3ccc(C)cc3c3ccc4oc5ccccc5c4c32)c(-n2c3ccccc3c3ccccc32)c(-n2c3ccccc3c3ccccc32)c1-n1c2ccccc2c2ccccc21. The first-order chi connectivity index (χ1) is 69.2. The van der Waals surface area contributed by atoms with E-state index in [1.54, 1.807) is 0 Å². The number of furan rings is 2. The monoisotopic (exact) mass is 1780 g/mol. The molecule has 0 saturated heterocycles. The summed E-state index contributed by atoms with van der Waals surface area (Å²) >= 11 is 0. The molecule has 0 atom stereocenters. The number of hydrogen-bond donors (Lipinski definition) is 0. The number of benzene rings is 20. The van der Waals surface area contributed by atoms with Gasteiger partial charge in [-0.2, -0.15) is 10.5 Å². The zero-order valence-corrected chi connectivity index (χ0v) is 75.3. The minimum absolute atomic E-state index is 0.240. The third kappa shape index (κ3) is 10.5. The zero-order chi connectivity index (χ0) is 92.7. The Balaban J connectivity index is 0.000000134. The van der Waals surface area contributed by atoms with Crippen molar-refractivity contribution in [3.05, 3.63) is 445 Å². The molecule has 0 amide bonds. The first-order valence-electron chi connectivity index (χ1n) is 46.9. The fourth-order valence-corrected chi connectivity index (χ4v) is 23.8. The lowest BCUT2D eigenvalue weighted by atomic mass is 10.0. The van der Waals surface area contributed by atoms with Crippen LogP contribution in [-0.2, 0) is 0 Å². The number of fused-ring (bicyclic) bond motifs is 32. The van der Waals surface area contributed by atoms with Crippen molar-refractivity contribution < 1.29 is 8.83 Å². The summed E-state index contributed by atoms with van der Waals surface area (Å²) in [6.07, 6.45) is 0. The highest BCUT2D eigenvalue weighted by Gasteiger charge is 2.39. The van der Waals surface area contributed by atoms with Gasteiger partial charge in [0.25, 0.3) is 0 Å². The molecular formula is C126H72N12O2. The second kappa shape index (κ2) is 29.4. The van der Waals surface area contributed by atoms with E-state index in [1.807, 2.05) is 30.3 Å². The molecule has 14 nitrogen and oxygen atoms in total. The Bertz CT molecular complexity index is 10700. The predicted molar refractivity (Wildman–Crippen MR) is 574 cm³/mol. The molecule has 30 aromatic rings. The fraction of sp³-hybridized carbons (Fsp3) is 0.0159. The fourth-order valence-electron chi connectivity index (χ4n) is 23.8. The van der Waals surface area contributed by atoms with E-state index in [-0.39, 0.29) is 22.5 Å². The van der Waals surface area contributed by atoms with Crippen molar-refractivity contribution >= 4 is 230 Å². The number of nitriles is 2. The summed E-state index contributed by atoms with van der Waals surface area (Å²) in [4.78, 5) is 9.17. The molecule has 30 rings (SSSR count). The highest BCUT2D eigenvalue weighted by Crippen LogP contribution is 2.57. The molecular weight excluding hydrogens is 1710 g/mol. The average Bonchev–Trinajstić information content (AvgIpc) is 1.51. The van der Waals surface area contributed by atoms with Crippen LogP contribution >= 0.6 is 0 Å². The van der Waals surface area contributed by atoms with Gasteiger partial charge in [-0.25, -0.2) is 9.69 Å². The molecule has 0 bridgehead atoms. The largest absolute Gasteiger partial charge is 0.456 e. The topological polar surface area (TPSA) is 122 Å². The third-order valence-corrected chi connectivity index (χ3v) is 29.3. The van der Waals surface area contributed by atoms with Crippen molar-refractivity contribution in [3.63, 3.8) is 0 Å². The number of aryl methyl sites for hydroxylation is 2. The van der Waals surface area contributed by atoms with Crippen molar-refractivity contribution in [2.45, 2.75) is 13.8 Å². The van der Waals surface area contributed by atoms with Crippen LogP contribution in [0.2, 0.25) is 0 Å². The molecule has 10 heterocycles. The summed E-state index contributed by atoms with van der Waals surface area (Å²) in [5, 5.41) is 45.3. The molecule has 0 N–H and O–H groups in total. The number of hydrogen-bond acceptors (Lipinski definition) is 4. The Morgan fingerprint density at radius 1 is 0.207 bits per heavy atom. The molecule has 0 aliphatic rings. The van der Waals surface area contributed by atoms with Crippen molar-refractivity contribution in [1.29, 1.82) is 10.5 Å². The Morgan fingerprint density at radius 2 is 0.450 bits per heavy atom. The summed E-state index contributed by atoms with van der Waals surface area (Å²) in [5.41, 5.74) is 26.6. The van der Waals surface area contributed by atoms with E-state index in [4.69, 9.17) is 8.83 Å². The Hall–Kier alpha value is -19.6.